The first-order chi connectivity index (χ1) is 13.6. The minimum atomic E-state index is -0.992. The predicted molar refractivity (Wildman–Crippen MR) is 113 cm³/mol. The summed E-state index contributed by atoms with van der Waals surface area (Å²) in [5.41, 5.74) is 1.84. The van der Waals surface area contributed by atoms with E-state index in [4.69, 9.17) is 4.74 Å². The molecule has 6 nitrogen and oxygen atoms in total. The molecule has 2 aromatic carbocycles. The van der Waals surface area contributed by atoms with Gasteiger partial charge in [-0.15, -0.1) is 0 Å². The monoisotopic (exact) mass is 396 g/mol. The highest BCUT2D eigenvalue weighted by molar-refractivity contribution is 5.98. The average Bonchev–Trinajstić information content (AvgIpc) is 2.67. The maximum Gasteiger partial charge on any atom is 0.333 e. The van der Waals surface area contributed by atoms with Crippen molar-refractivity contribution < 1.29 is 19.1 Å². The van der Waals surface area contributed by atoms with Crippen LogP contribution in [0.5, 0.6) is 0 Å². The van der Waals surface area contributed by atoms with Crippen molar-refractivity contribution in [1.82, 2.24) is 5.32 Å². The van der Waals surface area contributed by atoms with Crippen LogP contribution in [0.25, 0.3) is 0 Å². The topological polar surface area (TPSA) is 84.5 Å². The highest BCUT2D eigenvalue weighted by Crippen LogP contribution is 2.25. The summed E-state index contributed by atoms with van der Waals surface area (Å²) < 4.78 is 5.16. The summed E-state index contributed by atoms with van der Waals surface area (Å²) in [7, 11) is 0. The lowest BCUT2D eigenvalue weighted by Gasteiger charge is -2.21. The van der Waals surface area contributed by atoms with E-state index >= 15 is 0 Å². The minimum absolute atomic E-state index is 0.140. The average molecular weight is 396 g/mol. The maximum atomic E-state index is 12.6. The zero-order valence-electron chi connectivity index (χ0n) is 17.5. The first-order valence-electron chi connectivity index (χ1n) is 9.58. The number of carbonyl (C=O) groups is 3. The third-order valence-corrected chi connectivity index (χ3v) is 4.36. The molecular weight excluding hydrogens is 368 g/mol. The summed E-state index contributed by atoms with van der Waals surface area (Å²) >= 11 is 0. The van der Waals surface area contributed by atoms with Crippen molar-refractivity contribution in [2.75, 3.05) is 11.9 Å². The van der Waals surface area contributed by atoms with Crippen molar-refractivity contribution in [3.05, 3.63) is 65.2 Å². The second-order valence-corrected chi connectivity index (χ2v) is 7.80. The number of ether oxygens (including phenoxy) is 1. The lowest BCUT2D eigenvalue weighted by Crippen LogP contribution is -2.35. The van der Waals surface area contributed by atoms with Gasteiger partial charge in [0.1, 0.15) is 0 Å². The zero-order chi connectivity index (χ0) is 21.6. The Balaban J connectivity index is 2.35. The first kappa shape index (κ1) is 22.1. The van der Waals surface area contributed by atoms with Crippen LogP contribution in [0.1, 0.15) is 55.2 Å². The van der Waals surface area contributed by atoms with Crippen LogP contribution in [-0.4, -0.2) is 24.4 Å². The second kappa shape index (κ2) is 9.37. The Kier molecular flexibility index (Phi) is 7.15. The highest BCUT2D eigenvalue weighted by atomic mass is 16.5. The molecule has 2 N–H and O–H groups in total. The largest absolute Gasteiger partial charge is 0.464 e. The van der Waals surface area contributed by atoms with E-state index in [9.17, 15) is 14.4 Å². The SMILES string of the molecule is CCOC(=O)C(NC(=O)c1ccccc1)c1ccc(C)c(NC(=O)C(C)(C)C)c1. The number of hydrogen-bond acceptors (Lipinski definition) is 4. The Labute approximate surface area is 171 Å². The van der Waals surface area contributed by atoms with E-state index in [2.05, 4.69) is 10.6 Å². The molecule has 1 unspecified atom stereocenters. The molecular formula is C23H28N2O4. The van der Waals surface area contributed by atoms with Gasteiger partial charge in [-0.2, -0.15) is 0 Å². The van der Waals surface area contributed by atoms with Gasteiger partial charge in [-0.25, -0.2) is 4.79 Å². The number of esters is 1. The summed E-state index contributed by atoms with van der Waals surface area (Å²) in [6.45, 7) is 9.23. The van der Waals surface area contributed by atoms with Gasteiger partial charge in [0.2, 0.25) is 5.91 Å². The molecule has 0 aliphatic heterocycles. The number of aryl methyl sites for hydroxylation is 1. The number of benzene rings is 2. The van der Waals surface area contributed by atoms with Gasteiger partial charge in [0, 0.05) is 16.7 Å². The van der Waals surface area contributed by atoms with Gasteiger partial charge < -0.3 is 15.4 Å². The third-order valence-electron chi connectivity index (χ3n) is 4.36. The number of anilines is 1. The van der Waals surface area contributed by atoms with Crippen LogP contribution in [0.4, 0.5) is 5.69 Å². The van der Waals surface area contributed by atoms with E-state index in [1.807, 2.05) is 33.8 Å². The molecule has 0 aromatic heterocycles. The standard InChI is InChI=1S/C23H28N2O4/c1-6-29-21(27)19(25-20(26)16-10-8-7-9-11-16)17-13-12-15(2)18(14-17)24-22(28)23(3,4)5/h7-14,19H,6H2,1-5H3,(H,24,28)(H,25,26). The lowest BCUT2D eigenvalue weighted by molar-refractivity contribution is -0.145. The Bertz CT molecular complexity index is 885. The second-order valence-electron chi connectivity index (χ2n) is 7.80. The molecule has 2 aromatic rings. The molecule has 29 heavy (non-hydrogen) atoms. The Morgan fingerprint density at radius 2 is 1.69 bits per heavy atom. The van der Waals surface area contributed by atoms with Crippen LogP contribution in [-0.2, 0) is 14.3 Å². The van der Waals surface area contributed by atoms with Gasteiger partial charge in [0.15, 0.2) is 6.04 Å². The number of carbonyl (C=O) groups excluding carboxylic acids is 3. The van der Waals surface area contributed by atoms with Crippen LogP contribution in [0, 0.1) is 12.3 Å². The first-order valence-corrected chi connectivity index (χ1v) is 9.58. The highest BCUT2D eigenvalue weighted by Gasteiger charge is 2.26. The molecule has 0 fully saturated rings. The van der Waals surface area contributed by atoms with Gasteiger partial charge in [-0.1, -0.05) is 51.1 Å². The molecule has 0 radical (unpaired) electrons. The third kappa shape index (κ3) is 5.91. The quantitative estimate of drug-likeness (QED) is 0.723. The fourth-order valence-electron chi connectivity index (χ4n) is 2.57. The van der Waals surface area contributed by atoms with Crippen LogP contribution in [0.15, 0.2) is 48.5 Å². The Morgan fingerprint density at radius 3 is 2.28 bits per heavy atom. The number of nitrogens with one attached hydrogen (secondary N) is 2. The molecule has 2 amide bonds. The smallest absolute Gasteiger partial charge is 0.333 e. The summed E-state index contributed by atoms with van der Waals surface area (Å²) in [6.07, 6.45) is 0. The number of amides is 2. The molecule has 154 valence electrons. The zero-order valence-corrected chi connectivity index (χ0v) is 17.5. The minimum Gasteiger partial charge on any atom is -0.464 e. The van der Waals surface area contributed by atoms with Crippen molar-refractivity contribution in [1.29, 1.82) is 0 Å². The molecule has 0 bridgehead atoms. The van der Waals surface area contributed by atoms with E-state index in [0.717, 1.165) is 5.56 Å². The maximum absolute atomic E-state index is 12.6. The van der Waals surface area contributed by atoms with Crippen LogP contribution < -0.4 is 10.6 Å². The lowest BCUT2D eigenvalue weighted by atomic mass is 9.95. The molecule has 0 aliphatic rings. The van der Waals surface area contributed by atoms with Crippen molar-refractivity contribution in [3.63, 3.8) is 0 Å². The summed E-state index contributed by atoms with van der Waals surface area (Å²) in [5, 5.41) is 5.64. The Hall–Kier alpha value is -3.15. The number of hydrogen-bond donors (Lipinski definition) is 2. The summed E-state index contributed by atoms with van der Waals surface area (Å²) in [5.74, 6) is -1.09. The van der Waals surface area contributed by atoms with Gasteiger partial charge in [-0.3, -0.25) is 9.59 Å². The fourth-order valence-corrected chi connectivity index (χ4v) is 2.57. The van der Waals surface area contributed by atoms with Crippen molar-refractivity contribution in [2.24, 2.45) is 5.41 Å². The summed E-state index contributed by atoms with van der Waals surface area (Å²) in [6, 6.07) is 12.9. The van der Waals surface area contributed by atoms with E-state index < -0.39 is 17.4 Å². The van der Waals surface area contributed by atoms with E-state index in [1.165, 1.54) is 0 Å². The van der Waals surface area contributed by atoms with Crippen LogP contribution >= 0.6 is 0 Å². The molecule has 0 aliphatic carbocycles. The molecule has 0 saturated carbocycles. The molecule has 0 spiro atoms. The van der Waals surface area contributed by atoms with Gasteiger partial charge in [-0.05, 0) is 43.2 Å². The van der Waals surface area contributed by atoms with Gasteiger partial charge in [0.05, 0.1) is 6.61 Å². The van der Waals surface area contributed by atoms with Crippen molar-refractivity contribution >= 4 is 23.5 Å². The van der Waals surface area contributed by atoms with Gasteiger partial charge >= 0.3 is 5.97 Å². The molecule has 0 saturated heterocycles. The normalized spacial score (nSPS) is 12.0. The fraction of sp³-hybridized carbons (Fsp3) is 0.348. The molecule has 6 heteroatoms. The Morgan fingerprint density at radius 1 is 1.03 bits per heavy atom. The predicted octanol–water partition coefficient (Wildman–Crippen LogP) is 4.01. The molecule has 2 rings (SSSR count). The summed E-state index contributed by atoms with van der Waals surface area (Å²) in [4.78, 5) is 37.6. The van der Waals surface area contributed by atoms with Crippen LogP contribution in [0.3, 0.4) is 0 Å². The van der Waals surface area contributed by atoms with E-state index in [1.54, 1.807) is 49.4 Å². The van der Waals surface area contributed by atoms with E-state index in [-0.39, 0.29) is 18.4 Å². The molecule has 1 atom stereocenters. The molecule has 0 heterocycles. The van der Waals surface area contributed by atoms with Crippen LogP contribution in [0.2, 0.25) is 0 Å². The van der Waals surface area contributed by atoms with E-state index in [0.29, 0.717) is 16.8 Å². The van der Waals surface area contributed by atoms with Gasteiger partial charge in [0.25, 0.3) is 5.91 Å². The van der Waals surface area contributed by atoms with Crippen molar-refractivity contribution in [3.8, 4) is 0 Å². The van der Waals surface area contributed by atoms with Crippen molar-refractivity contribution in [2.45, 2.75) is 40.7 Å². The number of rotatable bonds is 6.